The molecule has 1 fully saturated rings. The van der Waals surface area contributed by atoms with Crippen LogP contribution in [0.25, 0.3) is 11.0 Å². The van der Waals surface area contributed by atoms with Crippen molar-refractivity contribution >= 4 is 22.8 Å². The van der Waals surface area contributed by atoms with Crippen molar-refractivity contribution in [3.63, 3.8) is 0 Å². The predicted octanol–water partition coefficient (Wildman–Crippen LogP) is 4.31. The minimum absolute atomic E-state index is 0.0156. The summed E-state index contributed by atoms with van der Waals surface area (Å²) in [5.74, 6) is -7.35. The molecule has 0 unspecified atom stereocenters. The Kier molecular flexibility index (Phi) is 7.32. The quantitative estimate of drug-likeness (QED) is 0.435. The molecule has 0 saturated carbocycles. The molecule has 14 heteroatoms. The standard InChI is InChI=1S/C25H28F5N5O4/c1-12-16(13-6-7-15(26)17(27)18(13)38-9-8-36)19(39-24(12,5)25(28,29)30)22(37)34-20-14-10-33-35(23(2,3)4)21(14)32-11-31-20/h6-7,10-12,16,19,36H,8-9H2,1-5H3,(H,31,32,34,37)/t12-,16-,19+,24+/m0/s1. The zero-order valence-electron chi connectivity index (χ0n) is 21.8. The topological polar surface area (TPSA) is 111 Å². The van der Waals surface area contributed by atoms with Crippen molar-refractivity contribution < 1.29 is 41.3 Å². The summed E-state index contributed by atoms with van der Waals surface area (Å²) in [4.78, 5) is 21.8. The van der Waals surface area contributed by atoms with E-state index in [1.165, 1.54) is 19.4 Å². The number of aromatic nitrogens is 4. The van der Waals surface area contributed by atoms with Gasteiger partial charge < -0.3 is 19.9 Å². The SMILES string of the molecule is C[C@H]1[C@@H](c2ccc(F)c(F)c2OCCO)[C@H](C(=O)Nc2ncnc3c2cnn3C(C)(C)C)O[C@@]1(C)C(F)(F)F. The summed E-state index contributed by atoms with van der Waals surface area (Å²) in [6.07, 6.45) is -4.13. The molecule has 0 aliphatic carbocycles. The van der Waals surface area contributed by atoms with Crippen LogP contribution in [0.5, 0.6) is 5.75 Å². The Morgan fingerprint density at radius 1 is 1.23 bits per heavy atom. The Labute approximate surface area is 220 Å². The maximum absolute atomic E-state index is 14.8. The number of nitrogens with zero attached hydrogens (tertiary/aromatic N) is 4. The molecule has 1 saturated heterocycles. The van der Waals surface area contributed by atoms with Gasteiger partial charge in [-0.25, -0.2) is 19.0 Å². The Morgan fingerprint density at radius 2 is 1.92 bits per heavy atom. The number of aliphatic hydroxyl groups excluding tert-OH is 1. The molecule has 9 nitrogen and oxygen atoms in total. The fourth-order valence-electron chi connectivity index (χ4n) is 4.75. The number of hydrogen-bond acceptors (Lipinski definition) is 7. The summed E-state index contributed by atoms with van der Waals surface area (Å²) in [5.41, 5.74) is -3.13. The first-order valence-corrected chi connectivity index (χ1v) is 12.1. The highest BCUT2D eigenvalue weighted by Crippen LogP contribution is 2.55. The van der Waals surface area contributed by atoms with Crippen molar-refractivity contribution in [3.8, 4) is 5.75 Å². The van der Waals surface area contributed by atoms with Crippen molar-refractivity contribution in [2.75, 3.05) is 18.5 Å². The second kappa shape index (κ2) is 9.97. The number of carbonyl (C=O) groups is 1. The predicted molar refractivity (Wildman–Crippen MR) is 129 cm³/mol. The first-order valence-electron chi connectivity index (χ1n) is 12.1. The van der Waals surface area contributed by atoms with Gasteiger partial charge in [0.1, 0.15) is 24.9 Å². The summed E-state index contributed by atoms with van der Waals surface area (Å²) in [6.45, 7) is 6.62. The number of hydrogen-bond donors (Lipinski definition) is 2. The van der Waals surface area contributed by atoms with E-state index in [2.05, 4.69) is 20.4 Å². The molecule has 3 aromatic rings. The van der Waals surface area contributed by atoms with E-state index >= 15 is 0 Å². The molecule has 3 heterocycles. The molecule has 0 radical (unpaired) electrons. The molecule has 1 amide bonds. The second-order valence-electron chi connectivity index (χ2n) is 10.5. The molecule has 0 bridgehead atoms. The van der Waals surface area contributed by atoms with Gasteiger partial charge in [0.15, 0.2) is 22.8 Å². The fourth-order valence-corrected chi connectivity index (χ4v) is 4.75. The first-order chi connectivity index (χ1) is 18.1. The lowest BCUT2D eigenvalue weighted by atomic mass is 9.77. The number of benzene rings is 1. The molecule has 1 aromatic carbocycles. The van der Waals surface area contributed by atoms with Gasteiger partial charge in [-0.1, -0.05) is 13.0 Å². The first kappa shape index (κ1) is 28.6. The maximum Gasteiger partial charge on any atom is 0.417 e. The van der Waals surface area contributed by atoms with Crippen LogP contribution in [0, 0.1) is 17.6 Å². The van der Waals surface area contributed by atoms with E-state index in [0.29, 0.717) is 11.0 Å². The van der Waals surface area contributed by atoms with E-state index in [1.54, 1.807) is 4.68 Å². The van der Waals surface area contributed by atoms with Crippen molar-refractivity contribution in [2.45, 2.75) is 64.0 Å². The lowest BCUT2D eigenvalue weighted by Gasteiger charge is -2.32. The highest BCUT2D eigenvalue weighted by Gasteiger charge is 2.66. The van der Waals surface area contributed by atoms with Crippen LogP contribution >= 0.6 is 0 Å². The second-order valence-corrected chi connectivity index (χ2v) is 10.5. The van der Waals surface area contributed by atoms with Crippen LogP contribution in [-0.2, 0) is 15.1 Å². The van der Waals surface area contributed by atoms with Gasteiger partial charge in [-0.3, -0.25) is 4.79 Å². The van der Waals surface area contributed by atoms with E-state index in [4.69, 9.17) is 14.6 Å². The van der Waals surface area contributed by atoms with Crippen molar-refractivity contribution in [1.29, 1.82) is 0 Å². The van der Waals surface area contributed by atoms with Gasteiger partial charge in [0.2, 0.25) is 5.82 Å². The zero-order chi connectivity index (χ0) is 28.9. The Morgan fingerprint density at radius 3 is 2.54 bits per heavy atom. The van der Waals surface area contributed by atoms with Gasteiger partial charge in [-0.05, 0) is 33.8 Å². The minimum atomic E-state index is -4.92. The average Bonchev–Trinajstić information content (AvgIpc) is 3.41. The van der Waals surface area contributed by atoms with E-state index in [1.807, 2.05) is 20.8 Å². The Balaban J connectivity index is 1.80. The van der Waals surface area contributed by atoms with Crippen LogP contribution in [0.1, 0.15) is 46.1 Å². The van der Waals surface area contributed by atoms with Crippen LogP contribution in [0.4, 0.5) is 27.8 Å². The maximum atomic E-state index is 14.8. The van der Waals surface area contributed by atoms with Crippen LogP contribution < -0.4 is 10.1 Å². The smallest absolute Gasteiger partial charge is 0.417 e. The summed E-state index contributed by atoms with van der Waals surface area (Å²) in [6, 6.07) is 1.78. The van der Waals surface area contributed by atoms with Gasteiger partial charge in [0, 0.05) is 17.4 Å². The summed E-state index contributed by atoms with van der Waals surface area (Å²) >= 11 is 0. The molecular weight excluding hydrogens is 529 g/mol. The van der Waals surface area contributed by atoms with Gasteiger partial charge >= 0.3 is 6.18 Å². The molecule has 2 N–H and O–H groups in total. The average molecular weight is 558 g/mol. The number of aliphatic hydroxyl groups is 1. The lowest BCUT2D eigenvalue weighted by molar-refractivity contribution is -0.272. The number of halogens is 5. The number of amides is 1. The Bertz CT molecular complexity index is 1390. The normalized spacial score (nSPS) is 23.8. The van der Waals surface area contributed by atoms with Crippen LogP contribution in [0.15, 0.2) is 24.7 Å². The molecule has 2 aromatic heterocycles. The Hall–Kier alpha value is -3.39. The molecule has 39 heavy (non-hydrogen) atoms. The number of nitrogens with one attached hydrogen (secondary N) is 1. The largest absolute Gasteiger partial charge is 0.488 e. The van der Waals surface area contributed by atoms with Gasteiger partial charge in [0.05, 0.1) is 23.7 Å². The number of fused-ring (bicyclic) bond motifs is 1. The van der Waals surface area contributed by atoms with E-state index in [-0.39, 0.29) is 11.4 Å². The minimum Gasteiger partial charge on any atom is -0.488 e. The van der Waals surface area contributed by atoms with Crippen LogP contribution in [-0.4, -0.2) is 61.9 Å². The lowest BCUT2D eigenvalue weighted by Crippen LogP contribution is -2.47. The van der Waals surface area contributed by atoms with Crippen LogP contribution in [0.3, 0.4) is 0 Å². The molecular formula is C25H28F5N5O4. The third-order valence-electron chi connectivity index (χ3n) is 6.95. The molecule has 212 valence electrons. The highest BCUT2D eigenvalue weighted by atomic mass is 19.4. The van der Waals surface area contributed by atoms with E-state index in [0.717, 1.165) is 19.1 Å². The number of rotatable bonds is 6. The number of anilines is 1. The van der Waals surface area contributed by atoms with E-state index in [9.17, 15) is 26.7 Å². The number of alkyl halides is 3. The highest BCUT2D eigenvalue weighted by molar-refractivity contribution is 6.00. The van der Waals surface area contributed by atoms with Crippen molar-refractivity contribution in [1.82, 2.24) is 19.7 Å². The summed E-state index contributed by atoms with van der Waals surface area (Å²) in [7, 11) is 0. The molecule has 1 aliphatic heterocycles. The molecule has 0 spiro atoms. The third kappa shape index (κ3) is 4.91. The summed E-state index contributed by atoms with van der Waals surface area (Å²) in [5, 5.41) is 16.3. The number of carbonyl (C=O) groups excluding carboxylic acids is 1. The van der Waals surface area contributed by atoms with Crippen LogP contribution in [0.2, 0.25) is 0 Å². The van der Waals surface area contributed by atoms with Crippen molar-refractivity contribution in [3.05, 3.63) is 41.9 Å². The molecule has 4 atom stereocenters. The number of ether oxygens (including phenoxy) is 2. The fraction of sp³-hybridized carbons (Fsp3) is 0.520. The summed E-state index contributed by atoms with van der Waals surface area (Å²) < 4.78 is 83.7. The monoisotopic (exact) mass is 557 g/mol. The van der Waals surface area contributed by atoms with Gasteiger partial charge in [-0.2, -0.15) is 22.7 Å². The van der Waals surface area contributed by atoms with E-state index < -0.39 is 71.8 Å². The third-order valence-corrected chi connectivity index (χ3v) is 6.95. The molecule has 1 aliphatic rings. The molecule has 4 rings (SSSR count). The van der Waals surface area contributed by atoms with Gasteiger partial charge in [-0.15, -0.1) is 0 Å². The zero-order valence-corrected chi connectivity index (χ0v) is 21.8. The van der Waals surface area contributed by atoms with Gasteiger partial charge in [0.25, 0.3) is 5.91 Å². The van der Waals surface area contributed by atoms with Crippen molar-refractivity contribution in [2.24, 2.45) is 5.92 Å².